The zero-order valence-electron chi connectivity index (χ0n) is 13.1. The highest BCUT2D eigenvalue weighted by Gasteiger charge is 2.35. The summed E-state index contributed by atoms with van der Waals surface area (Å²) in [5, 5.41) is 22.2. The van der Waals surface area contributed by atoms with Crippen LogP contribution in [0.1, 0.15) is 12.6 Å². The van der Waals surface area contributed by atoms with Crippen LogP contribution in [0.3, 0.4) is 0 Å². The lowest BCUT2D eigenvalue weighted by atomic mass is 10.2. The van der Waals surface area contributed by atoms with Gasteiger partial charge in [0, 0.05) is 24.5 Å². The van der Waals surface area contributed by atoms with Crippen molar-refractivity contribution in [1.82, 2.24) is 24.5 Å². The van der Waals surface area contributed by atoms with E-state index < -0.39 is 18.4 Å². The van der Waals surface area contributed by atoms with E-state index in [1.165, 1.54) is 0 Å². The highest BCUT2D eigenvalue weighted by Crippen LogP contribution is 2.31. The molecule has 3 aromatic heterocycles. The molecule has 1 saturated heterocycles. The minimum atomic E-state index is -0.749. The number of aromatic nitrogens is 5. The fourth-order valence-corrected chi connectivity index (χ4v) is 2.82. The lowest BCUT2D eigenvalue weighted by Crippen LogP contribution is -2.24. The van der Waals surface area contributed by atoms with Crippen molar-refractivity contribution in [2.24, 2.45) is 0 Å². The number of nitrogen functional groups attached to an aromatic ring is 1. The molecule has 3 atom stereocenters. The van der Waals surface area contributed by atoms with Crippen molar-refractivity contribution in [3.05, 3.63) is 30.9 Å². The second-order valence-electron chi connectivity index (χ2n) is 5.73. The van der Waals surface area contributed by atoms with E-state index in [1.807, 2.05) is 0 Å². The molecule has 0 aliphatic carbocycles. The average Bonchev–Trinajstić information content (AvgIpc) is 3.19. The second-order valence-corrected chi connectivity index (χ2v) is 5.73. The maximum atomic E-state index is 9.94. The summed E-state index contributed by atoms with van der Waals surface area (Å²) in [7, 11) is 0. The summed E-state index contributed by atoms with van der Waals surface area (Å²) in [5.41, 5.74) is 7.70. The standard InChI is InChI=1S/C15H17N7O3/c16-13-12-14(21-15(20-13)19-8-1-3-17-4-2-8)22(7-18-12)11-5-9(24)10(6-23)25-11/h1-4,7,9-11,23-24H,5-6H2,(H3,16,17,19,20,21)/t9-,10+,11+/m0/s1. The molecule has 1 aliphatic rings. The van der Waals surface area contributed by atoms with Crippen LogP contribution >= 0.6 is 0 Å². The number of hydrogen-bond donors (Lipinski definition) is 4. The molecule has 4 heterocycles. The number of aliphatic hydroxyl groups excluding tert-OH is 2. The predicted octanol–water partition coefficient (Wildman–Crippen LogP) is 0.188. The largest absolute Gasteiger partial charge is 0.394 e. The molecule has 4 rings (SSSR count). The zero-order valence-corrected chi connectivity index (χ0v) is 13.1. The third-order valence-electron chi connectivity index (χ3n) is 4.08. The number of anilines is 3. The maximum Gasteiger partial charge on any atom is 0.231 e. The molecule has 1 fully saturated rings. The van der Waals surface area contributed by atoms with E-state index in [2.05, 4.69) is 25.3 Å². The highest BCUT2D eigenvalue weighted by atomic mass is 16.5. The Bertz CT molecular complexity index is 885. The summed E-state index contributed by atoms with van der Waals surface area (Å²) in [4.78, 5) is 16.9. The van der Waals surface area contributed by atoms with Gasteiger partial charge in [0.05, 0.1) is 19.0 Å². The van der Waals surface area contributed by atoms with E-state index in [0.717, 1.165) is 5.69 Å². The fraction of sp³-hybridized carbons (Fsp3) is 0.333. The Hall–Kier alpha value is -2.82. The number of nitrogens with two attached hydrogens (primary N) is 1. The van der Waals surface area contributed by atoms with Gasteiger partial charge in [0.15, 0.2) is 11.5 Å². The molecule has 3 aromatic rings. The Morgan fingerprint density at radius 3 is 2.84 bits per heavy atom. The molecule has 0 spiro atoms. The molecular formula is C15H17N7O3. The summed E-state index contributed by atoms with van der Waals surface area (Å²) < 4.78 is 7.35. The van der Waals surface area contributed by atoms with E-state index in [1.54, 1.807) is 35.4 Å². The molecule has 0 amide bonds. The summed E-state index contributed by atoms with van der Waals surface area (Å²) >= 11 is 0. The Balaban J connectivity index is 1.70. The van der Waals surface area contributed by atoms with Crippen molar-refractivity contribution in [2.75, 3.05) is 17.7 Å². The van der Waals surface area contributed by atoms with Crippen LogP contribution in [0.15, 0.2) is 30.9 Å². The number of rotatable bonds is 4. The minimum absolute atomic E-state index is 0.234. The second kappa shape index (κ2) is 6.24. The number of aliphatic hydroxyl groups is 2. The van der Waals surface area contributed by atoms with Crippen LogP contribution in [0, 0.1) is 0 Å². The van der Waals surface area contributed by atoms with Crippen LogP contribution in [0.2, 0.25) is 0 Å². The summed E-state index contributed by atoms with van der Waals surface area (Å²) in [5.74, 6) is 0.549. The Kier molecular flexibility index (Phi) is 3.92. The SMILES string of the molecule is Nc1nc(Nc2ccncc2)nc2c1ncn2[C@H]1C[C@H](O)[C@@H](CO)O1. The van der Waals surface area contributed by atoms with Crippen molar-refractivity contribution in [3.63, 3.8) is 0 Å². The van der Waals surface area contributed by atoms with Gasteiger partial charge in [-0.3, -0.25) is 9.55 Å². The molecule has 10 heteroatoms. The van der Waals surface area contributed by atoms with Crippen LogP contribution in [-0.4, -0.2) is 53.5 Å². The van der Waals surface area contributed by atoms with Gasteiger partial charge in [-0.25, -0.2) is 4.98 Å². The van der Waals surface area contributed by atoms with Crippen LogP contribution < -0.4 is 11.1 Å². The van der Waals surface area contributed by atoms with Gasteiger partial charge in [-0.05, 0) is 12.1 Å². The highest BCUT2D eigenvalue weighted by molar-refractivity contribution is 5.83. The van der Waals surface area contributed by atoms with Crippen molar-refractivity contribution in [1.29, 1.82) is 0 Å². The first-order valence-electron chi connectivity index (χ1n) is 7.77. The first kappa shape index (κ1) is 15.7. The Morgan fingerprint density at radius 2 is 2.12 bits per heavy atom. The smallest absolute Gasteiger partial charge is 0.231 e. The number of imidazole rings is 1. The van der Waals surface area contributed by atoms with Crippen molar-refractivity contribution >= 4 is 28.6 Å². The molecule has 0 radical (unpaired) electrons. The van der Waals surface area contributed by atoms with E-state index in [0.29, 0.717) is 23.5 Å². The van der Waals surface area contributed by atoms with Crippen LogP contribution in [0.25, 0.3) is 11.2 Å². The number of fused-ring (bicyclic) bond motifs is 1. The number of pyridine rings is 1. The van der Waals surface area contributed by atoms with Crippen LogP contribution in [0.5, 0.6) is 0 Å². The van der Waals surface area contributed by atoms with Crippen molar-refractivity contribution < 1.29 is 14.9 Å². The predicted molar refractivity (Wildman–Crippen MR) is 88.9 cm³/mol. The van der Waals surface area contributed by atoms with Gasteiger partial charge in [0.25, 0.3) is 0 Å². The van der Waals surface area contributed by atoms with Gasteiger partial charge in [-0.2, -0.15) is 9.97 Å². The molecule has 0 saturated carbocycles. The summed E-state index contributed by atoms with van der Waals surface area (Å²) in [6.07, 6.45) is 3.31. The van der Waals surface area contributed by atoms with Crippen molar-refractivity contribution in [3.8, 4) is 0 Å². The fourth-order valence-electron chi connectivity index (χ4n) is 2.82. The number of nitrogens with zero attached hydrogens (tertiary/aromatic N) is 5. The molecule has 0 unspecified atom stereocenters. The topological polar surface area (TPSA) is 144 Å². The molecule has 1 aliphatic heterocycles. The quantitative estimate of drug-likeness (QED) is 0.521. The average molecular weight is 343 g/mol. The first-order valence-corrected chi connectivity index (χ1v) is 7.77. The molecule has 5 N–H and O–H groups in total. The normalized spacial score (nSPS) is 23.2. The zero-order chi connectivity index (χ0) is 17.4. The molecule has 130 valence electrons. The van der Waals surface area contributed by atoms with Crippen LogP contribution in [0.4, 0.5) is 17.5 Å². The van der Waals surface area contributed by atoms with Gasteiger partial charge >= 0.3 is 0 Å². The van der Waals surface area contributed by atoms with Gasteiger partial charge in [0.2, 0.25) is 5.95 Å². The van der Waals surface area contributed by atoms with Crippen LogP contribution in [-0.2, 0) is 4.74 Å². The monoisotopic (exact) mass is 343 g/mol. The molecule has 0 bridgehead atoms. The van der Waals surface area contributed by atoms with Gasteiger partial charge in [-0.15, -0.1) is 0 Å². The summed E-state index contributed by atoms with van der Waals surface area (Å²) in [6.45, 7) is -0.254. The van der Waals surface area contributed by atoms with E-state index >= 15 is 0 Å². The van der Waals surface area contributed by atoms with E-state index in [9.17, 15) is 10.2 Å². The molecule has 0 aromatic carbocycles. The Morgan fingerprint density at radius 1 is 1.32 bits per heavy atom. The number of ether oxygens (including phenoxy) is 1. The van der Waals surface area contributed by atoms with Gasteiger partial charge < -0.3 is 26.0 Å². The third kappa shape index (κ3) is 2.86. The molecule has 10 nitrogen and oxygen atoms in total. The molecular weight excluding hydrogens is 326 g/mol. The number of nitrogens with one attached hydrogen (secondary N) is 1. The van der Waals surface area contributed by atoms with Gasteiger partial charge in [0.1, 0.15) is 17.8 Å². The maximum absolute atomic E-state index is 9.94. The summed E-state index contributed by atoms with van der Waals surface area (Å²) in [6, 6.07) is 3.56. The lowest BCUT2D eigenvalue weighted by Gasteiger charge is -2.14. The van der Waals surface area contributed by atoms with E-state index in [4.69, 9.17) is 10.5 Å². The third-order valence-corrected chi connectivity index (χ3v) is 4.08. The first-order chi connectivity index (χ1) is 12.2. The number of hydrogen-bond acceptors (Lipinski definition) is 9. The lowest BCUT2D eigenvalue weighted by molar-refractivity contribution is -0.0432. The molecule has 25 heavy (non-hydrogen) atoms. The van der Waals surface area contributed by atoms with E-state index in [-0.39, 0.29) is 12.4 Å². The minimum Gasteiger partial charge on any atom is -0.394 e. The Labute approximate surface area is 142 Å². The van der Waals surface area contributed by atoms with Gasteiger partial charge in [-0.1, -0.05) is 0 Å². The van der Waals surface area contributed by atoms with Crippen molar-refractivity contribution in [2.45, 2.75) is 24.9 Å².